The molecule has 1 aromatic rings. The molecule has 0 unspecified atom stereocenters. The summed E-state index contributed by atoms with van der Waals surface area (Å²) in [6.45, 7) is 5.30. The van der Waals surface area contributed by atoms with Crippen molar-refractivity contribution in [1.82, 2.24) is 4.90 Å². The van der Waals surface area contributed by atoms with Gasteiger partial charge in [-0.05, 0) is 28.9 Å². The highest BCUT2D eigenvalue weighted by molar-refractivity contribution is 9.10. The van der Waals surface area contributed by atoms with Gasteiger partial charge in [-0.15, -0.1) is 11.3 Å². The fourth-order valence-electron chi connectivity index (χ4n) is 1.56. The van der Waals surface area contributed by atoms with Crippen LogP contribution < -0.4 is 5.73 Å². The molecule has 1 fully saturated rings. The Morgan fingerprint density at radius 2 is 2.38 bits per heavy atom. The summed E-state index contributed by atoms with van der Waals surface area (Å²) in [4.78, 5) is 5.17. The van der Waals surface area contributed by atoms with E-state index in [0.29, 0.717) is 6.04 Å². The molecule has 1 aliphatic heterocycles. The van der Waals surface area contributed by atoms with E-state index >= 15 is 0 Å². The van der Waals surface area contributed by atoms with Crippen molar-refractivity contribution >= 4 is 27.3 Å². The van der Waals surface area contributed by atoms with E-state index in [1.54, 1.807) is 0 Å². The standard InChI is InChI=1S/C9H13BrN2S/c1-6-9(10)2-8(13-6)5-12-3-7(11)4-12/h2,7H,3-5,11H2,1H3. The maximum atomic E-state index is 5.71. The third-order valence-corrected chi connectivity index (χ3v) is 4.39. The summed E-state index contributed by atoms with van der Waals surface area (Å²) in [5.41, 5.74) is 5.71. The molecule has 0 radical (unpaired) electrons. The topological polar surface area (TPSA) is 29.3 Å². The zero-order valence-corrected chi connectivity index (χ0v) is 9.99. The average molecular weight is 261 g/mol. The van der Waals surface area contributed by atoms with Gasteiger partial charge in [0, 0.05) is 39.9 Å². The van der Waals surface area contributed by atoms with Crippen molar-refractivity contribution in [3.8, 4) is 0 Å². The van der Waals surface area contributed by atoms with E-state index in [0.717, 1.165) is 19.6 Å². The fraction of sp³-hybridized carbons (Fsp3) is 0.556. The van der Waals surface area contributed by atoms with E-state index in [2.05, 4.69) is 33.8 Å². The first-order valence-electron chi connectivity index (χ1n) is 4.38. The number of aryl methyl sites for hydroxylation is 1. The van der Waals surface area contributed by atoms with Crippen LogP contribution in [0.25, 0.3) is 0 Å². The van der Waals surface area contributed by atoms with Crippen molar-refractivity contribution < 1.29 is 0 Å². The maximum absolute atomic E-state index is 5.71. The zero-order chi connectivity index (χ0) is 9.42. The van der Waals surface area contributed by atoms with Gasteiger partial charge in [0.1, 0.15) is 0 Å². The number of rotatable bonds is 2. The van der Waals surface area contributed by atoms with Gasteiger partial charge in [0.25, 0.3) is 0 Å². The zero-order valence-electron chi connectivity index (χ0n) is 7.59. The molecule has 0 bridgehead atoms. The van der Waals surface area contributed by atoms with Gasteiger partial charge in [0.05, 0.1) is 0 Å². The number of halogens is 1. The Hall–Kier alpha value is 0.100. The summed E-state index contributed by atoms with van der Waals surface area (Å²) in [5, 5.41) is 0. The van der Waals surface area contributed by atoms with E-state index in [1.807, 2.05) is 11.3 Å². The molecular weight excluding hydrogens is 248 g/mol. The second-order valence-corrected chi connectivity index (χ2v) is 5.77. The third kappa shape index (κ3) is 2.13. The van der Waals surface area contributed by atoms with Crippen LogP contribution in [-0.2, 0) is 6.54 Å². The fourth-order valence-corrected chi connectivity index (χ4v) is 3.20. The molecule has 4 heteroatoms. The molecule has 72 valence electrons. The Morgan fingerprint density at radius 1 is 1.69 bits per heavy atom. The first-order chi connectivity index (χ1) is 6.15. The molecule has 0 atom stereocenters. The van der Waals surface area contributed by atoms with Crippen molar-refractivity contribution in [2.45, 2.75) is 19.5 Å². The van der Waals surface area contributed by atoms with Gasteiger partial charge in [0.2, 0.25) is 0 Å². The Kier molecular flexibility index (Phi) is 2.74. The summed E-state index contributed by atoms with van der Waals surface area (Å²) in [6.07, 6.45) is 0. The van der Waals surface area contributed by atoms with E-state index in [-0.39, 0.29) is 0 Å². The van der Waals surface area contributed by atoms with Crippen molar-refractivity contribution in [3.05, 3.63) is 20.3 Å². The molecule has 0 aromatic carbocycles. The molecule has 2 N–H and O–H groups in total. The molecule has 2 heterocycles. The summed E-state index contributed by atoms with van der Waals surface area (Å²) in [6, 6.07) is 2.62. The van der Waals surface area contributed by atoms with Crippen LogP contribution in [0.3, 0.4) is 0 Å². The minimum absolute atomic E-state index is 0.407. The number of thiophene rings is 1. The van der Waals surface area contributed by atoms with Crippen molar-refractivity contribution in [1.29, 1.82) is 0 Å². The van der Waals surface area contributed by atoms with Crippen LogP contribution in [0, 0.1) is 6.92 Å². The predicted octanol–water partition coefficient (Wildman–Crippen LogP) is 1.96. The quantitative estimate of drug-likeness (QED) is 0.881. The van der Waals surface area contributed by atoms with Crippen molar-refractivity contribution in [2.75, 3.05) is 13.1 Å². The molecule has 2 rings (SSSR count). The molecule has 1 aliphatic rings. The number of nitrogens with zero attached hydrogens (tertiary/aromatic N) is 1. The summed E-state index contributed by atoms with van der Waals surface area (Å²) >= 11 is 5.39. The van der Waals surface area contributed by atoms with Crippen molar-refractivity contribution in [3.63, 3.8) is 0 Å². The molecule has 0 saturated carbocycles. The van der Waals surface area contributed by atoms with E-state index < -0.39 is 0 Å². The lowest BCUT2D eigenvalue weighted by Gasteiger charge is -2.36. The lowest BCUT2D eigenvalue weighted by atomic mass is 10.1. The third-order valence-electron chi connectivity index (χ3n) is 2.27. The largest absolute Gasteiger partial charge is 0.325 e. The van der Waals surface area contributed by atoms with Crippen LogP contribution in [0.2, 0.25) is 0 Å². The maximum Gasteiger partial charge on any atom is 0.0329 e. The molecule has 2 nitrogen and oxygen atoms in total. The highest BCUT2D eigenvalue weighted by Crippen LogP contribution is 2.27. The molecular formula is C9H13BrN2S. The molecule has 0 amide bonds. The highest BCUT2D eigenvalue weighted by Gasteiger charge is 2.23. The molecule has 13 heavy (non-hydrogen) atoms. The second kappa shape index (κ2) is 3.69. The Morgan fingerprint density at radius 3 is 2.85 bits per heavy atom. The van der Waals surface area contributed by atoms with E-state index in [1.165, 1.54) is 14.2 Å². The number of nitrogens with two attached hydrogens (primary N) is 1. The minimum Gasteiger partial charge on any atom is -0.325 e. The van der Waals surface area contributed by atoms with E-state index in [9.17, 15) is 0 Å². The molecule has 0 aliphatic carbocycles. The van der Waals surface area contributed by atoms with Crippen LogP contribution in [0.1, 0.15) is 9.75 Å². The molecule has 1 saturated heterocycles. The smallest absolute Gasteiger partial charge is 0.0329 e. The summed E-state index contributed by atoms with van der Waals surface area (Å²) in [7, 11) is 0. The monoisotopic (exact) mass is 260 g/mol. The summed E-state index contributed by atoms with van der Waals surface area (Å²) in [5.74, 6) is 0. The highest BCUT2D eigenvalue weighted by atomic mass is 79.9. The Labute approximate surface area is 90.9 Å². The minimum atomic E-state index is 0.407. The van der Waals surface area contributed by atoms with E-state index in [4.69, 9.17) is 5.73 Å². The van der Waals surface area contributed by atoms with Gasteiger partial charge in [-0.25, -0.2) is 0 Å². The average Bonchev–Trinajstić information content (AvgIpc) is 2.28. The van der Waals surface area contributed by atoms with Crippen molar-refractivity contribution in [2.24, 2.45) is 5.73 Å². The van der Waals surface area contributed by atoms with Gasteiger partial charge in [0.15, 0.2) is 0 Å². The molecule has 1 aromatic heterocycles. The van der Waals surface area contributed by atoms with Crippen LogP contribution in [0.5, 0.6) is 0 Å². The van der Waals surface area contributed by atoms with Crippen LogP contribution in [-0.4, -0.2) is 24.0 Å². The lowest BCUT2D eigenvalue weighted by molar-refractivity contribution is 0.144. The van der Waals surface area contributed by atoms with Gasteiger partial charge < -0.3 is 5.73 Å². The second-order valence-electron chi connectivity index (χ2n) is 3.57. The number of hydrogen-bond acceptors (Lipinski definition) is 3. The predicted molar refractivity (Wildman–Crippen MR) is 60.0 cm³/mol. The van der Waals surface area contributed by atoms with Gasteiger partial charge in [-0.1, -0.05) is 0 Å². The van der Waals surface area contributed by atoms with Crippen LogP contribution in [0.15, 0.2) is 10.5 Å². The van der Waals surface area contributed by atoms with Crippen LogP contribution >= 0.6 is 27.3 Å². The lowest BCUT2D eigenvalue weighted by Crippen LogP contribution is -2.54. The Bertz CT molecular complexity index is 285. The van der Waals surface area contributed by atoms with Crippen LogP contribution in [0.4, 0.5) is 0 Å². The van der Waals surface area contributed by atoms with Gasteiger partial charge in [-0.3, -0.25) is 4.90 Å². The normalized spacial score (nSPS) is 19.0. The Balaban J connectivity index is 1.95. The first-order valence-corrected chi connectivity index (χ1v) is 5.99. The molecule has 0 spiro atoms. The van der Waals surface area contributed by atoms with Gasteiger partial charge >= 0.3 is 0 Å². The summed E-state index contributed by atoms with van der Waals surface area (Å²) < 4.78 is 1.23. The first kappa shape index (κ1) is 9.65. The SMILES string of the molecule is Cc1sc(CN2CC(N)C2)cc1Br. The van der Waals surface area contributed by atoms with Gasteiger partial charge in [-0.2, -0.15) is 0 Å². The number of hydrogen-bond donors (Lipinski definition) is 1. The number of likely N-dealkylation sites (tertiary alicyclic amines) is 1.